The van der Waals surface area contributed by atoms with Gasteiger partial charge in [0.05, 0.1) is 11.5 Å². The number of carbonyl (C=O) groups excluding carboxylic acids is 2. The van der Waals surface area contributed by atoms with Crippen molar-refractivity contribution in [1.82, 2.24) is 19.4 Å². The van der Waals surface area contributed by atoms with E-state index in [1.54, 1.807) is 37.2 Å². The number of halogens is 1. The number of rotatable bonds is 3. The summed E-state index contributed by atoms with van der Waals surface area (Å²) < 4.78 is 7.68. The van der Waals surface area contributed by atoms with Crippen molar-refractivity contribution in [3.05, 3.63) is 50.8 Å². The summed E-state index contributed by atoms with van der Waals surface area (Å²) in [6, 6.07) is 3.50. The number of nitrogens with zero attached hydrogens (tertiary/aromatic N) is 4. The van der Waals surface area contributed by atoms with Crippen LogP contribution < -0.4 is 10.9 Å². The van der Waals surface area contributed by atoms with Crippen LogP contribution in [0.4, 0.5) is 5.82 Å². The van der Waals surface area contributed by atoms with Gasteiger partial charge in [-0.2, -0.15) is 0 Å². The smallest absolute Gasteiger partial charge is 0.265 e. The molecule has 2 amide bonds. The van der Waals surface area contributed by atoms with E-state index in [0.717, 1.165) is 4.47 Å². The van der Waals surface area contributed by atoms with Gasteiger partial charge in [0.15, 0.2) is 0 Å². The number of hydrogen-bond acceptors (Lipinski definition) is 6. The highest BCUT2D eigenvalue weighted by atomic mass is 79.9. The first-order valence-electron chi connectivity index (χ1n) is 9.51. The molecule has 1 N–H and O–H groups in total. The number of piperidine rings is 1. The zero-order chi connectivity index (χ0) is 21.4. The minimum Gasteiger partial charge on any atom is -0.442 e. The van der Waals surface area contributed by atoms with Crippen LogP contribution in [0.1, 0.15) is 29.0 Å². The van der Waals surface area contributed by atoms with Crippen LogP contribution >= 0.6 is 15.9 Å². The highest BCUT2D eigenvalue weighted by Gasteiger charge is 2.32. The fourth-order valence-corrected chi connectivity index (χ4v) is 3.89. The SMILES string of the molecule is Cc1oc2ncn(C)c(=O)c2c1C(=O)N1CCCC(C(=O)Nc2ccc(Br)cn2)C1. The second-order valence-electron chi connectivity index (χ2n) is 7.32. The lowest BCUT2D eigenvalue weighted by atomic mass is 9.96. The van der Waals surface area contributed by atoms with Crippen LogP contribution in [0.3, 0.4) is 0 Å². The summed E-state index contributed by atoms with van der Waals surface area (Å²) in [5.74, 6) is -0.0776. The molecule has 1 aliphatic rings. The number of pyridine rings is 1. The van der Waals surface area contributed by atoms with Crippen molar-refractivity contribution in [1.29, 1.82) is 0 Å². The van der Waals surface area contributed by atoms with Crippen LogP contribution in [0.15, 0.2) is 38.3 Å². The fourth-order valence-electron chi connectivity index (χ4n) is 3.66. The first-order chi connectivity index (χ1) is 14.3. The van der Waals surface area contributed by atoms with Crippen LogP contribution in [-0.2, 0) is 11.8 Å². The monoisotopic (exact) mass is 473 g/mol. The van der Waals surface area contributed by atoms with Gasteiger partial charge in [-0.1, -0.05) is 0 Å². The van der Waals surface area contributed by atoms with Crippen molar-refractivity contribution in [2.45, 2.75) is 19.8 Å². The summed E-state index contributed by atoms with van der Waals surface area (Å²) in [5, 5.41) is 2.97. The first-order valence-corrected chi connectivity index (χ1v) is 10.3. The Hall–Kier alpha value is -3.01. The molecule has 1 aliphatic heterocycles. The van der Waals surface area contributed by atoms with Crippen molar-refractivity contribution in [2.75, 3.05) is 18.4 Å². The Balaban J connectivity index is 1.56. The highest BCUT2D eigenvalue weighted by Crippen LogP contribution is 2.26. The van der Waals surface area contributed by atoms with E-state index >= 15 is 0 Å². The number of nitrogens with one attached hydrogen (secondary N) is 1. The van der Waals surface area contributed by atoms with Crippen molar-refractivity contribution in [3.63, 3.8) is 0 Å². The normalized spacial score (nSPS) is 16.6. The van der Waals surface area contributed by atoms with Crippen LogP contribution in [0.2, 0.25) is 0 Å². The molecule has 0 bridgehead atoms. The van der Waals surface area contributed by atoms with Crippen molar-refractivity contribution in [2.24, 2.45) is 13.0 Å². The summed E-state index contributed by atoms with van der Waals surface area (Å²) >= 11 is 3.31. The number of carbonyl (C=O) groups is 2. The van der Waals surface area contributed by atoms with Gasteiger partial charge >= 0.3 is 0 Å². The summed E-state index contributed by atoms with van der Waals surface area (Å²) in [6.07, 6.45) is 4.32. The molecule has 3 aromatic heterocycles. The molecule has 10 heteroatoms. The zero-order valence-electron chi connectivity index (χ0n) is 16.5. The number of likely N-dealkylation sites (tertiary alicyclic amines) is 1. The average molecular weight is 474 g/mol. The lowest BCUT2D eigenvalue weighted by Crippen LogP contribution is -2.44. The maximum absolute atomic E-state index is 13.3. The average Bonchev–Trinajstić information content (AvgIpc) is 3.08. The second-order valence-corrected chi connectivity index (χ2v) is 8.23. The van der Waals surface area contributed by atoms with Crippen LogP contribution in [0.5, 0.6) is 0 Å². The number of fused-ring (bicyclic) bond motifs is 1. The van der Waals surface area contributed by atoms with Gasteiger partial charge in [-0.15, -0.1) is 0 Å². The van der Waals surface area contributed by atoms with Gasteiger partial charge in [0, 0.05) is 30.8 Å². The molecule has 1 unspecified atom stereocenters. The number of furan rings is 1. The van der Waals surface area contributed by atoms with Crippen molar-refractivity contribution >= 4 is 44.7 Å². The molecule has 0 radical (unpaired) electrons. The van der Waals surface area contributed by atoms with Gasteiger partial charge in [-0.05, 0) is 47.8 Å². The van der Waals surface area contributed by atoms with E-state index in [4.69, 9.17) is 4.42 Å². The maximum atomic E-state index is 13.3. The Bertz CT molecular complexity index is 1180. The summed E-state index contributed by atoms with van der Waals surface area (Å²) in [4.78, 5) is 48.4. The van der Waals surface area contributed by atoms with E-state index in [1.165, 1.54) is 10.9 Å². The lowest BCUT2D eigenvalue weighted by molar-refractivity contribution is -0.121. The summed E-state index contributed by atoms with van der Waals surface area (Å²) in [6.45, 7) is 2.40. The van der Waals surface area contributed by atoms with Crippen LogP contribution in [0.25, 0.3) is 11.1 Å². The molecule has 1 fully saturated rings. The number of aryl methyl sites for hydroxylation is 2. The van der Waals surface area contributed by atoms with E-state index in [0.29, 0.717) is 31.0 Å². The van der Waals surface area contributed by atoms with E-state index in [2.05, 4.69) is 31.2 Å². The van der Waals surface area contributed by atoms with Gasteiger partial charge in [0.25, 0.3) is 11.5 Å². The third-order valence-corrected chi connectivity index (χ3v) is 5.69. The Morgan fingerprint density at radius 1 is 1.30 bits per heavy atom. The summed E-state index contributed by atoms with van der Waals surface area (Å²) in [7, 11) is 1.57. The molecule has 0 aromatic carbocycles. The Morgan fingerprint density at radius 3 is 2.83 bits per heavy atom. The zero-order valence-corrected chi connectivity index (χ0v) is 18.1. The van der Waals surface area contributed by atoms with E-state index < -0.39 is 0 Å². The minimum absolute atomic E-state index is 0.145. The fraction of sp³-hybridized carbons (Fsp3) is 0.350. The van der Waals surface area contributed by atoms with Gasteiger partial charge in [-0.3, -0.25) is 14.4 Å². The molecule has 0 aliphatic carbocycles. The van der Waals surface area contributed by atoms with Crippen LogP contribution in [-0.4, -0.2) is 44.3 Å². The lowest BCUT2D eigenvalue weighted by Gasteiger charge is -2.32. The number of hydrogen-bond donors (Lipinski definition) is 1. The number of amides is 2. The van der Waals surface area contributed by atoms with Crippen molar-refractivity contribution in [3.8, 4) is 0 Å². The number of aromatic nitrogens is 3. The minimum atomic E-state index is -0.368. The predicted octanol–water partition coefficient (Wildman–Crippen LogP) is 2.48. The Morgan fingerprint density at radius 2 is 2.10 bits per heavy atom. The Kier molecular flexibility index (Phi) is 5.42. The van der Waals surface area contributed by atoms with Gasteiger partial charge < -0.3 is 19.2 Å². The van der Waals surface area contributed by atoms with Gasteiger partial charge in [0.1, 0.15) is 23.3 Å². The first kappa shape index (κ1) is 20.3. The topological polar surface area (TPSA) is 110 Å². The third-order valence-electron chi connectivity index (χ3n) is 5.22. The van der Waals surface area contributed by atoms with E-state index in [-0.39, 0.29) is 46.5 Å². The Labute approximate surface area is 180 Å². The molecule has 1 saturated heterocycles. The molecule has 9 nitrogen and oxygen atoms in total. The summed E-state index contributed by atoms with van der Waals surface area (Å²) in [5.41, 5.74) is 0.0220. The molecule has 156 valence electrons. The third kappa shape index (κ3) is 3.74. The molecule has 4 rings (SSSR count). The highest BCUT2D eigenvalue weighted by molar-refractivity contribution is 9.10. The van der Waals surface area contributed by atoms with Crippen molar-refractivity contribution < 1.29 is 14.0 Å². The molecular weight excluding hydrogens is 454 g/mol. The van der Waals surface area contributed by atoms with E-state index in [1.807, 2.05) is 0 Å². The second kappa shape index (κ2) is 8.02. The van der Waals surface area contributed by atoms with Gasteiger partial charge in [-0.25, -0.2) is 9.97 Å². The largest absolute Gasteiger partial charge is 0.442 e. The molecule has 1 atom stereocenters. The van der Waals surface area contributed by atoms with E-state index in [9.17, 15) is 14.4 Å². The predicted molar refractivity (Wildman–Crippen MR) is 113 cm³/mol. The number of anilines is 1. The molecule has 4 heterocycles. The molecular formula is C20H20BrN5O4. The van der Waals surface area contributed by atoms with Gasteiger partial charge in [0.2, 0.25) is 11.6 Å². The molecule has 3 aromatic rings. The molecule has 0 spiro atoms. The molecule has 0 saturated carbocycles. The van der Waals surface area contributed by atoms with Crippen LogP contribution in [0, 0.1) is 12.8 Å². The maximum Gasteiger partial charge on any atom is 0.265 e. The quantitative estimate of drug-likeness (QED) is 0.625. The standard InChI is InChI=1S/C20H20BrN5O4/c1-11-15(16-18(30-11)23-10-25(2)19(16)28)20(29)26-7-3-4-12(9-26)17(27)24-14-6-5-13(21)8-22-14/h5-6,8,10,12H,3-4,7,9H2,1-2H3,(H,22,24,27). The molecule has 30 heavy (non-hydrogen) atoms.